The number of aliphatic carboxylic acids is 1. The van der Waals surface area contributed by atoms with Crippen LogP contribution in [0.25, 0.3) is 0 Å². The summed E-state index contributed by atoms with van der Waals surface area (Å²) in [6.45, 7) is 5.45. The zero-order chi connectivity index (χ0) is 18.8. The van der Waals surface area contributed by atoms with Gasteiger partial charge in [-0.3, -0.25) is 4.79 Å². The van der Waals surface area contributed by atoms with E-state index in [2.05, 4.69) is 10.6 Å². The summed E-state index contributed by atoms with van der Waals surface area (Å²) in [4.78, 5) is 35.5. The van der Waals surface area contributed by atoms with Gasteiger partial charge in [0.25, 0.3) is 0 Å². The van der Waals surface area contributed by atoms with Crippen LogP contribution in [0.1, 0.15) is 39.2 Å². The summed E-state index contributed by atoms with van der Waals surface area (Å²) in [6, 6.07) is 7.33. The lowest BCUT2D eigenvalue weighted by Gasteiger charge is -2.23. The van der Waals surface area contributed by atoms with Crippen molar-refractivity contribution in [2.24, 2.45) is 5.92 Å². The molecule has 25 heavy (non-hydrogen) atoms. The van der Waals surface area contributed by atoms with Gasteiger partial charge in [0.1, 0.15) is 18.7 Å². The fourth-order valence-electron chi connectivity index (χ4n) is 2.23. The van der Waals surface area contributed by atoms with E-state index in [1.807, 2.05) is 37.3 Å². The fraction of sp³-hybridized carbons (Fsp3) is 0.500. The minimum atomic E-state index is -1.09. The second-order valence-electron chi connectivity index (χ2n) is 6.12. The Balaban J connectivity index is 2.61. The Kier molecular flexibility index (Phi) is 8.46. The Hall–Kier alpha value is -2.57. The molecular formula is C18H26N2O5. The highest BCUT2D eigenvalue weighted by atomic mass is 16.5. The number of benzene rings is 1. The largest absolute Gasteiger partial charge is 0.480 e. The van der Waals surface area contributed by atoms with Crippen molar-refractivity contribution < 1.29 is 24.2 Å². The molecule has 0 heterocycles. The monoisotopic (exact) mass is 350 g/mol. The number of rotatable bonds is 9. The van der Waals surface area contributed by atoms with E-state index in [0.29, 0.717) is 12.8 Å². The number of hydrogen-bond donors (Lipinski definition) is 3. The number of carboxylic acid groups (broad SMARTS) is 1. The number of carbonyl (C=O) groups is 3. The summed E-state index contributed by atoms with van der Waals surface area (Å²) in [5, 5.41) is 14.1. The van der Waals surface area contributed by atoms with Gasteiger partial charge in [0, 0.05) is 0 Å². The lowest BCUT2D eigenvalue weighted by Crippen LogP contribution is -2.53. The molecule has 3 N–H and O–H groups in total. The quantitative estimate of drug-likeness (QED) is 0.634. The number of carboxylic acids is 1. The summed E-state index contributed by atoms with van der Waals surface area (Å²) >= 11 is 0. The molecule has 0 aliphatic carbocycles. The summed E-state index contributed by atoms with van der Waals surface area (Å²) < 4.78 is 5.11. The van der Waals surface area contributed by atoms with Crippen molar-refractivity contribution in [3.8, 4) is 0 Å². The predicted octanol–water partition coefficient (Wildman–Crippen LogP) is 2.31. The minimum absolute atomic E-state index is 0.0900. The second-order valence-corrected chi connectivity index (χ2v) is 6.12. The molecule has 0 saturated carbocycles. The van der Waals surface area contributed by atoms with Crippen LogP contribution in [-0.2, 0) is 20.9 Å². The maximum atomic E-state index is 12.3. The molecule has 0 aliphatic heterocycles. The molecule has 1 rings (SSSR count). The zero-order valence-corrected chi connectivity index (χ0v) is 14.8. The molecule has 2 atom stereocenters. The topological polar surface area (TPSA) is 105 Å². The van der Waals surface area contributed by atoms with Crippen molar-refractivity contribution in [3.05, 3.63) is 35.9 Å². The van der Waals surface area contributed by atoms with Gasteiger partial charge in [-0.15, -0.1) is 0 Å². The number of hydrogen-bond acceptors (Lipinski definition) is 4. The molecule has 1 aromatic carbocycles. The van der Waals surface area contributed by atoms with Crippen molar-refractivity contribution in [2.45, 2.75) is 52.3 Å². The highest BCUT2D eigenvalue weighted by Gasteiger charge is 2.28. The van der Waals surface area contributed by atoms with Gasteiger partial charge in [-0.1, -0.05) is 57.5 Å². The van der Waals surface area contributed by atoms with Crippen molar-refractivity contribution in [2.75, 3.05) is 0 Å². The zero-order valence-electron chi connectivity index (χ0n) is 14.8. The van der Waals surface area contributed by atoms with Gasteiger partial charge in [-0.05, 0) is 17.9 Å². The molecule has 0 bridgehead atoms. The Labute approximate surface area is 147 Å². The average molecular weight is 350 g/mol. The molecule has 2 amide bonds. The van der Waals surface area contributed by atoms with E-state index in [4.69, 9.17) is 9.84 Å². The van der Waals surface area contributed by atoms with Crippen molar-refractivity contribution in [3.63, 3.8) is 0 Å². The molecule has 0 aromatic heterocycles. The maximum absolute atomic E-state index is 12.3. The van der Waals surface area contributed by atoms with Gasteiger partial charge in [0.05, 0.1) is 0 Å². The number of carbonyl (C=O) groups excluding carboxylic acids is 2. The molecular weight excluding hydrogens is 324 g/mol. The van der Waals surface area contributed by atoms with Crippen molar-refractivity contribution in [1.82, 2.24) is 10.6 Å². The van der Waals surface area contributed by atoms with Gasteiger partial charge in [-0.25, -0.2) is 9.59 Å². The van der Waals surface area contributed by atoms with Crippen LogP contribution in [0.2, 0.25) is 0 Å². The molecule has 1 aromatic rings. The van der Waals surface area contributed by atoms with Gasteiger partial charge < -0.3 is 20.5 Å². The van der Waals surface area contributed by atoms with Gasteiger partial charge in [0.2, 0.25) is 5.91 Å². The highest BCUT2D eigenvalue weighted by molar-refractivity contribution is 5.89. The number of ether oxygens (including phenoxy) is 1. The lowest BCUT2D eigenvalue weighted by atomic mass is 10.0. The molecule has 0 aliphatic rings. The Morgan fingerprint density at radius 1 is 1.12 bits per heavy atom. The molecule has 0 spiro atoms. The van der Waals surface area contributed by atoms with Crippen LogP contribution < -0.4 is 10.6 Å². The van der Waals surface area contributed by atoms with Crippen LogP contribution in [0.15, 0.2) is 30.3 Å². The molecule has 0 saturated heterocycles. The molecule has 7 heteroatoms. The number of alkyl carbamates (subject to hydrolysis) is 1. The van der Waals surface area contributed by atoms with Crippen LogP contribution in [0.5, 0.6) is 0 Å². The minimum Gasteiger partial charge on any atom is -0.480 e. The second kappa shape index (κ2) is 10.3. The molecule has 138 valence electrons. The summed E-state index contributed by atoms with van der Waals surface area (Å²) in [5.41, 5.74) is 0.831. The Morgan fingerprint density at radius 2 is 1.76 bits per heavy atom. The molecule has 0 fully saturated rings. The highest BCUT2D eigenvalue weighted by Crippen LogP contribution is 2.06. The first-order valence-electron chi connectivity index (χ1n) is 8.35. The smallest absolute Gasteiger partial charge is 0.408 e. The van der Waals surface area contributed by atoms with E-state index in [1.165, 1.54) is 0 Å². The van der Waals surface area contributed by atoms with E-state index >= 15 is 0 Å². The van der Waals surface area contributed by atoms with Crippen LogP contribution in [-0.4, -0.2) is 35.2 Å². The van der Waals surface area contributed by atoms with E-state index in [0.717, 1.165) is 5.56 Å². The average Bonchev–Trinajstić information content (AvgIpc) is 2.57. The first-order valence-corrected chi connectivity index (χ1v) is 8.35. The Bertz CT molecular complexity index is 574. The van der Waals surface area contributed by atoms with Gasteiger partial charge >= 0.3 is 12.1 Å². The Morgan fingerprint density at radius 3 is 2.28 bits per heavy atom. The van der Waals surface area contributed by atoms with Crippen LogP contribution in [0.4, 0.5) is 4.79 Å². The maximum Gasteiger partial charge on any atom is 0.408 e. The SMILES string of the molecule is CCC[C@H](NC(=O)[C@@H](NC(=O)OCc1ccccc1)C(C)C)C(=O)O. The van der Waals surface area contributed by atoms with E-state index in [9.17, 15) is 14.4 Å². The van der Waals surface area contributed by atoms with Gasteiger partial charge in [0.15, 0.2) is 0 Å². The summed E-state index contributed by atoms with van der Waals surface area (Å²) in [7, 11) is 0. The number of amides is 2. The number of nitrogens with one attached hydrogen (secondary N) is 2. The third-order valence-corrected chi connectivity index (χ3v) is 3.63. The molecule has 7 nitrogen and oxygen atoms in total. The third kappa shape index (κ3) is 7.24. The van der Waals surface area contributed by atoms with E-state index in [1.54, 1.807) is 13.8 Å². The fourth-order valence-corrected chi connectivity index (χ4v) is 2.23. The van der Waals surface area contributed by atoms with Crippen LogP contribution >= 0.6 is 0 Å². The van der Waals surface area contributed by atoms with Crippen LogP contribution in [0, 0.1) is 5.92 Å². The normalized spacial score (nSPS) is 13.0. The predicted molar refractivity (Wildman–Crippen MR) is 92.9 cm³/mol. The van der Waals surface area contributed by atoms with Gasteiger partial charge in [-0.2, -0.15) is 0 Å². The van der Waals surface area contributed by atoms with Crippen LogP contribution in [0.3, 0.4) is 0 Å². The molecule has 0 unspecified atom stereocenters. The van der Waals surface area contributed by atoms with E-state index in [-0.39, 0.29) is 12.5 Å². The first kappa shape index (κ1) is 20.5. The summed E-state index contributed by atoms with van der Waals surface area (Å²) in [5.74, 6) is -1.85. The first-order chi connectivity index (χ1) is 11.8. The summed E-state index contributed by atoms with van der Waals surface area (Å²) in [6.07, 6.45) is 0.223. The van der Waals surface area contributed by atoms with Crippen molar-refractivity contribution >= 4 is 18.0 Å². The lowest BCUT2D eigenvalue weighted by molar-refractivity contribution is -0.142. The standard InChI is InChI=1S/C18H26N2O5/c1-4-8-14(17(22)23)19-16(21)15(12(2)3)20-18(24)25-11-13-9-6-5-7-10-13/h5-7,9-10,12,14-15H,4,8,11H2,1-3H3,(H,19,21)(H,20,24)(H,22,23)/t14-,15-/m0/s1. The molecule has 0 radical (unpaired) electrons. The third-order valence-electron chi connectivity index (χ3n) is 3.63. The van der Waals surface area contributed by atoms with Crippen molar-refractivity contribution in [1.29, 1.82) is 0 Å². The van der Waals surface area contributed by atoms with E-state index < -0.39 is 30.1 Å².